The van der Waals surface area contributed by atoms with Gasteiger partial charge in [-0.2, -0.15) is 0 Å². The molecule has 156 valence electrons. The highest BCUT2D eigenvalue weighted by Gasteiger charge is 2.39. The van der Waals surface area contributed by atoms with E-state index in [4.69, 9.17) is 11.6 Å². The molecule has 3 aromatic carbocycles. The first kappa shape index (κ1) is 19.9. The summed E-state index contributed by atoms with van der Waals surface area (Å²) in [5.41, 5.74) is 5.16. The van der Waals surface area contributed by atoms with E-state index in [-0.39, 0.29) is 11.9 Å². The highest BCUT2D eigenvalue weighted by Crippen LogP contribution is 2.50. The highest BCUT2D eigenvalue weighted by atomic mass is 35.5. The van der Waals surface area contributed by atoms with E-state index in [1.54, 1.807) is 4.90 Å². The monoisotopic (exact) mass is 428 g/mol. The molecule has 1 amide bonds. The molecule has 31 heavy (non-hydrogen) atoms. The average molecular weight is 429 g/mol. The average Bonchev–Trinajstić information content (AvgIpc) is 3.28. The molecule has 3 aromatic rings. The van der Waals surface area contributed by atoms with Gasteiger partial charge in [0.15, 0.2) is 0 Å². The van der Waals surface area contributed by atoms with Crippen molar-refractivity contribution >= 4 is 23.2 Å². The minimum atomic E-state index is 0.0264. The van der Waals surface area contributed by atoms with Crippen LogP contribution < -0.4 is 5.32 Å². The molecule has 3 atom stereocenters. The smallest absolute Gasteiger partial charge is 0.256 e. The lowest BCUT2D eigenvalue weighted by Crippen LogP contribution is -2.32. The van der Waals surface area contributed by atoms with Crippen LogP contribution in [-0.4, -0.2) is 17.9 Å². The third kappa shape index (κ3) is 3.75. The maximum absolute atomic E-state index is 13.5. The number of rotatable bonds is 4. The summed E-state index contributed by atoms with van der Waals surface area (Å²) in [5, 5.41) is 4.47. The van der Waals surface area contributed by atoms with E-state index in [1.165, 1.54) is 5.56 Å². The van der Waals surface area contributed by atoms with Crippen LogP contribution in [0.2, 0.25) is 5.02 Å². The zero-order valence-corrected chi connectivity index (χ0v) is 18.2. The van der Waals surface area contributed by atoms with Gasteiger partial charge in [-0.1, -0.05) is 78.4 Å². The molecule has 1 aliphatic heterocycles. The van der Waals surface area contributed by atoms with Crippen molar-refractivity contribution < 1.29 is 4.79 Å². The molecule has 0 spiro atoms. The Balaban J connectivity index is 1.51. The van der Waals surface area contributed by atoms with Gasteiger partial charge in [0, 0.05) is 24.5 Å². The van der Waals surface area contributed by atoms with Crippen molar-refractivity contribution in [3.05, 3.63) is 112 Å². The Morgan fingerprint density at radius 3 is 2.68 bits per heavy atom. The number of anilines is 1. The zero-order chi connectivity index (χ0) is 21.4. The number of amides is 1. The Hall–Kier alpha value is -3.04. The number of nitrogens with zero attached hydrogens (tertiary/aromatic N) is 1. The van der Waals surface area contributed by atoms with Crippen molar-refractivity contribution in [3.63, 3.8) is 0 Å². The van der Waals surface area contributed by atoms with Crippen LogP contribution >= 0.6 is 11.6 Å². The van der Waals surface area contributed by atoms with Crippen molar-refractivity contribution in [2.45, 2.75) is 24.9 Å². The SMILES string of the molecule is CN(Cc1ccccc1)C(=O)c1cccc2c1NC(c1cccc(Cl)c1)C1CC=CC21. The number of allylic oxidation sites excluding steroid dienone is 2. The van der Waals surface area contributed by atoms with Gasteiger partial charge >= 0.3 is 0 Å². The van der Waals surface area contributed by atoms with E-state index in [1.807, 2.05) is 67.7 Å². The van der Waals surface area contributed by atoms with Crippen molar-refractivity contribution in [2.24, 2.45) is 5.92 Å². The van der Waals surface area contributed by atoms with Crippen molar-refractivity contribution in [3.8, 4) is 0 Å². The molecule has 1 heterocycles. The fourth-order valence-corrected chi connectivity index (χ4v) is 5.16. The molecule has 5 rings (SSSR count). The van der Waals surface area contributed by atoms with Gasteiger partial charge < -0.3 is 10.2 Å². The largest absolute Gasteiger partial charge is 0.377 e. The number of hydrogen-bond donors (Lipinski definition) is 1. The number of nitrogens with one attached hydrogen (secondary N) is 1. The molecule has 0 aromatic heterocycles. The standard InChI is InChI=1S/C27H25ClN2O/c1-30(17-18-8-3-2-4-9-18)27(31)24-15-7-14-23-21-12-6-13-22(21)25(29-26(23)24)19-10-5-11-20(28)16-19/h2-12,14-16,21-22,25,29H,13,17H2,1H3. The predicted molar refractivity (Wildman–Crippen MR) is 126 cm³/mol. The molecule has 0 bridgehead atoms. The van der Waals surface area contributed by atoms with Gasteiger partial charge in [0.1, 0.15) is 0 Å². The number of benzene rings is 3. The van der Waals surface area contributed by atoms with Gasteiger partial charge in [0.2, 0.25) is 0 Å². The molecule has 4 heteroatoms. The van der Waals surface area contributed by atoms with Crippen LogP contribution in [0.15, 0.2) is 84.9 Å². The fourth-order valence-electron chi connectivity index (χ4n) is 4.96. The van der Waals surface area contributed by atoms with Gasteiger partial charge in [0.05, 0.1) is 17.3 Å². The van der Waals surface area contributed by atoms with Gasteiger partial charge in [-0.25, -0.2) is 0 Å². The Bertz CT molecular complexity index is 1140. The maximum atomic E-state index is 13.5. The Morgan fingerprint density at radius 2 is 1.87 bits per heavy atom. The highest BCUT2D eigenvalue weighted by molar-refractivity contribution is 6.30. The number of halogens is 1. The molecule has 0 saturated heterocycles. The van der Waals surface area contributed by atoms with Gasteiger partial charge in [-0.3, -0.25) is 4.79 Å². The van der Waals surface area contributed by atoms with Crippen LogP contribution in [0, 0.1) is 5.92 Å². The molecular weight excluding hydrogens is 404 g/mol. The maximum Gasteiger partial charge on any atom is 0.256 e. The molecule has 1 aliphatic carbocycles. The first-order valence-electron chi connectivity index (χ1n) is 10.7. The summed E-state index contributed by atoms with van der Waals surface area (Å²) >= 11 is 6.30. The lowest BCUT2D eigenvalue weighted by Gasteiger charge is -2.38. The topological polar surface area (TPSA) is 32.3 Å². The summed E-state index contributed by atoms with van der Waals surface area (Å²) in [6.07, 6.45) is 5.57. The third-order valence-corrected chi connectivity index (χ3v) is 6.68. The normalized spacial score (nSPS) is 21.2. The van der Waals surface area contributed by atoms with E-state index in [9.17, 15) is 4.79 Å². The minimum absolute atomic E-state index is 0.0264. The molecule has 0 radical (unpaired) electrons. The number of carbonyl (C=O) groups is 1. The molecule has 2 aliphatic rings. The lowest BCUT2D eigenvalue weighted by molar-refractivity contribution is 0.0785. The van der Waals surface area contributed by atoms with Crippen molar-refractivity contribution in [1.29, 1.82) is 0 Å². The van der Waals surface area contributed by atoms with Gasteiger partial charge in [0.25, 0.3) is 5.91 Å². The number of carbonyl (C=O) groups excluding carboxylic acids is 1. The molecule has 1 N–H and O–H groups in total. The summed E-state index contributed by atoms with van der Waals surface area (Å²) < 4.78 is 0. The Kier molecular flexibility index (Phi) is 5.29. The van der Waals surface area contributed by atoms with E-state index in [0.717, 1.165) is 33.8 Å². The van der Waals surface area contributed by atoms with Crippen LogP contribution in [0.5, 0.6) is 0 Å². The van der Waals surface area contributed by atoms with E-state index < -0.39 is 0 Å². The van der Waals surface area contributed by atoms with Crippen LogP contribution in [0.1, 0.15) is 45.4 Å². The van der Waals surface area contributed by atoms with Crippen LogP contribution in [0.3, 0.4) is 0 Å². The first-order chi connectivity index (χ1) is 15.1. The second-order valence-corrected chi connectivity index (χ2v) is 8.88. The molecular formula is C27H25ClN2O. The first-order valence-corrected chi connectivity index (χ1v) is 11.1. The molecule has 0 fully saturated rings. The summed E-state index contributed by atoms with van der Waals surface area (Å²) in [6.45, 7) is 0.576. The minimum Gasteiger partial charge on any atom is -0.377 e. The second kappa shape index (κ2) is 8.24. The molecule has 3 unspecified atom stereocenters. The third-order valence-electron chi connectivity index (χ3n) is 6.44. The summed E-state index contributed by atoms with van der Waals surface area (Å²) in [4.78, 5) is 15.2. The van der Waals surface area contributed by atoms with Crippen molar-refractivity contribution in [2.75, 3.05) is 12.4 Å². The zero-order valence-electron chi connectivity index (χ0n) is 17.5. The van der Waals surface area contributed by atoms with Crippen LogP contribution in [0.25, 0.3) is 0 Å². The number of fused-ring (bicyclic) bond motifs is 3. The molecule has 3 nitrogen and oxygen atoms in total. The summed E-state index contributed by atoms with van der Waals surface area (Å²) in [7, 11) is 1.87. The fraction of sp³-hybridized carbons (Fsp3) is 0.222. The summed E-state index contributed by atoms with van der Waals surface area (Å²) in [6, 6.07) is 24.3. The van der Waals surface area contributed by atoms with Crippen molar-refractivity contribution in [1.82, 2.24) is 4.90 Å². The predicted octanol–water partition coefficient (Wildman–Crippen LogP) is 6.44. The van der Waals surface area contributed by atoms with E-state index in [2.05, 4.69) is 29.6 Å². The van der Waals surface area contributed by atoms with Crippen LogP contribution in [-0.2, 0) is 6.54 Å². The van der Waals surface area contributed by atoms with Crippen LogP contribution in [0.4, 0.5) is 5.69 Å². The number of para-hydroxylation sites is 1. The lowest BCUT2D eigenvalue weighted by atomic mass is 9.76. The second-order valence-electron chi connectivity index (χ2n) is 8.45. The Morgan fingerprint density at radius 1 is 1.06 bits per heavy atom. The Labute approximate surface area is 188 Å². The molecule has 0 saturated carbocycles. The summed E-state index contributed by atoms with van der Waals surface area (Å²) in [5.74, 6) is 0.740. The van der Waals surface area contributed by atoms with Gasteiger partial charge in [-0.05, 0) is 47.2 Å². The van der Waals surface area contributed by atoms with Gasteiger partial charge in [-0.15, -0.1) is 0 Å². The van der Waals surface area contributed by atoms with E-state index >= 15 is 0 Å². The quantitative estimate of drug-likeness (QED) is 0.485. The number of hydrogen-bond acceptors (Lipinski definition) is 2. The van der Waals surface area contributed by atoms with E-state index in [0.29, 0.717) is 18.4 Å².